The molecule has 1 amide bonds. The van der Waals surface area contributed by atoms with E-state index in [0.29, 0.717) is 23.5 Å². The summed E-state index contributed by atoms with van der Waals surface area (Å²) < 4.78 is 16.0. The van der Waals surface area contributed by atoms with Crippen LogP contribution in [0.15, 0.2) is 48.5 Å². The van der Waals surface area contributed by atoms with Gasteiger partial charge in [0.05, 0.1) is 14.2 Å². The van der Waals surface area contributed by atoms with Crippen LogP contribution >= 0.6 is 0 Å². The van der Waals surface area contributed by atoms with Crippen LogP contribution in [-0.2, 0) is 20.7 Å². The Kier molecular flexibility index (Phi) is 7.23. The van der Waals surface area contributed by atoms with Crippen molar-refractivity contribution in [2.24, 2.45) is 0 Å². The first-order chi connectivity index (χ1) is 13.0. The van der Waals surface area contributed by atoms with Crippen LogP contribution in [0.5, 0.6) is 11.5 Å². The molecular weight excluding hydrogens is 346 g/mol. The van der Waals surface area contributed by atoms with E-state index < -0.39 is 12.1 Å². The second-order valence-electron chi connectivity index (χ2n) is 6.20. The van der Waals surface area contributed by atoms with Gasteiger partial charge in [-0.25, -0.2) is 0 Å². The molecule has 0 saturated heterocycles. The number of rotatable bonds is 8. The number of amides is 1. The predicted octanol–water partition coefficient (Wildman–Crippen LogP) is 3.01. The summed E-state index contributed by atoms with van der Waals surface area (Å²) in [7, 11) is 6.40. The van der Waals surface area contributed by atoms with E-state index in [2.05, 4.69) is 0 Å². The minimum atomic E-state index is -0.945. The number of hydrogen-bond donors (Lipinski definition) is 0. The zero-order chi connectivity index (χ0) is 19.8. The van der Waals surface area contributed by atoms with Crippen LogP contribution in [0.2, 0.25) is 0 Å². The summed E-state index contributed by atoms with van der Waals surface area (Å²) in [6.45, 7) is 0. The molecule has 0 bridgehead atoms. The predicted molar refractivity (Wildman–Crippen MR) is 102 cm³/mol. The van der Waals surface area contributed by atoms with E-state index in [9.17, 15) is 9.59 Å². The maximum absolute atomic E-state index is 12.4. The quantitative estimate of drug-likeness (QED) is 0.668. The molecule has 144 valence electrons. The molecule has 1 unspecified atom stereocenters. The maximum Gasteiger partial charge on any atom is 0.307 e. The first-order valence-corrected chi connectivity index (χ1v) is 8.62. The van der Waals surface area contributed by atoms with Crippen LogP contribution in [0.4, 0.5) is 0 Å². The Morgan fingerprint density at radius 1 is 0.963 bits per heavy atom. The topological polar surface area (TPSA) is 65.1 Å². The number of carbonyl (C=O) groups is 2. The lowest BCUT2D eigenvalue weighted by molar-refractivity contribution is -0.159. The summed E-state index contributed by atoms with van der Waals surface area (Å²) in [6, 6.07) is 14.5. The normalized spacial score (nSPS) is 11.4. The van der Waals surface area contributed by atoms with Crippen molar-refractivity contribution < 1.29 is 23.8 Å². The van der Waals surface area contributed by atoms with Crippen LogP contribution < -0.4 is 9.47 Å². The van der Waals surface area contributed by atoms with E-state index in [1.54, 1.807) is 46.5 Å². The summed E-state index contributed by atoms with van der Waals surface area (Å²) in [5, 5.41) is 0. The second-order valence-corrected chi connectivity index (χ2v) is 6.20. The summed E-state index contributed by atoms with van der Waals surface area (Å²) in [6.07, 6.45) is -0.324. The molecule has 0 aliphatic heterocycles. The van der Waals surface area contributed by atoms with Crippen LogP contribution in [0, 0.1) is 0 Å². The highest BCUT2D eigenvalue weighted by Crippen LogP contribution is 2.28. The Hall–Kier alpha value is -3.02. The molecule has 0 N–H and O–H groups in total. The van der Waals surface area contributed by atoms with E-state index >= 15 is 0 Å². The third-order valence-electron chi connectivity index (χ3n) is 4.08. The van der Waals surface area contributed by atoms with Gasteiger partial charge in [-0.15, -0.1) is 0 Å². The largest absolute Gasteiger partial charge is 0.493 e. The minimum absolute atomic E-state index is 0.152. The van der Waals surface area contributed by atoms with Crippen molar-refractivity contribution in [2.75, 3.05) is 28.3 Å². The fourth-order valence-corrected chi connectivity index (χ4v) is 2.60. The number of nitrogens with zero attached hydrogens (tertiary/aromatic N) is 1. The highest BCUT2D eigenvalue weighted by atomic mass is 16.5. The van der Waals surface area contributed by atoms with Crippen molar-refractivity contribution in [2.45, 2.75) is 18.9 Å². The summed E-state index contributed by atoms with van der Waals surface area (Å²) in [4.78, 5) is 26.2. The summed E-state index contributed by atoms with van der Waals surface area (Å²) in [5.41, 5.74) is 1.57. The van der Waals surface area contributed by atoms with E-state index in [4.69, 9.17) is 14.2 Å². The average Bonchev–Trinajstić information content (AvgIpc) is 2.70. The fraction of sp³-hybridized carbons (Fsp3) is 0.333. The van der Waals surface area contributed by atoms with Crippen molar-refractivity contribution in [3.63, 3.8) is 0 Å². The Bertz CT molecular complexity index is 773. The van der Waals surface area contributed by atoms with Crippen molar-refractivity contribution in [1.29, 1.82) is 0 Å². The summed E-state index contributed by atoms with van der Waals surface area (Å²) >= 11 is 0. The summed E-state index contributed by atoms with van der Waals surface area (Å²) in [5.74, 6) is 0.521. The molecule has 6 heteroatoms. The Balaban J connectivity index is 2.05. The van der Waals surface area contributed by atoms with Gasteiger partial charge in [0, 0.05) is 26.1 Å². The third-order valence-corrected chi connectivity index (χ3v) is 4.08. The Morgan fingerprint density at radius 3 is 2.22 bits per heavy atom. The van der Waals surface area contributed by atoms with Crippen molar-refractivity contribution >= 4 is 11.9 Å². The van der Waals surface area contributed by atoms with Crippen LogP contribution in [0.25, 0.3) is 0 Å². The molecule has 0 fully saturated rings. The number of likely N-dealkylation sites (N-methyl/N-ethyl adjacent to an activating group) is 1. The molecule has 2 rings (SSSR count). The van der Waals surface area contributed by atoms with Gasteiger partial charge in [0.25, 0.3) is 5.91 Å². The zero-order valence-corrected chi connectivity index (χ0v) is 16.1. The standard InChI is InChI=1S/C21H25NO5/c1-22(2)21(24)20(16-8-6-5-7-9-16)27-19(23)13-11-15-10-12-17(25-3)18(14-15)26-4/h5-10,12,14,20H,11,13H2,1-4H3. The smallest absolute Gasteiger partial charge is 0.307 e. The van der Waals surface area contributed by atoms with E-state index in [-0.39, 0.29) is 12.3 Å². The monoisotopic (exact) mass is 371 g/mol. The van der Waals surface area contributed by atoms with Crippen LogP contribution in [-0.4, -0.2) is 45.1 Å². The van der Waals surface area contributed by atoms with Crippen LogP contribution in [0.1, 0.15) is 23.7 Å². The molecule has 0 spiro atoms. The Morgan fingerprint density at radius 2 is 1.63 bits per heavy atom. The lowest BCUT2D eigenvalue weighted by atomic mass is 10.1. The lowest BCUT2D eigenvalue weighted by Crippen LogP contribution is -2.31. The average molecular weight is 371 g/mol. The van der Waals surface area contributed by atoms with Gasteiger partial charge >= 0.3 is 5.97 Å². The number of ether oxygens (including phenoxy) is 3. The molecule has 0 aliphatic rings. The first-order valence-electron chi connectivity index (χ1n) is 8.62. The van der Waals surface area contributed by atoms with Gasteiger partial charge in [-0.05, 0) is 24.1 Å². The van der Waals surface area contributed by atoms with Gasteiger partial charge in [0.1, 0.15) is 0 Å². The van der Waals surface area contributed by atoms with Crippen molar-refractivity contribution in [3.8, 4) is 11.5 Å². The van der Waals surface area contributed by atoms with Crippen molar-refractivity contribution in [3.05, 3.63) is 59.7 Å². The third kappa shape index (κ3) is 5.48. The minimum Gasteiger partial charge on any atom is -0.493 e. The number of aryl methyl sites for hydroxylation is 1. The highest BCUT2D eigenvalue weighted by molar-refractivity contribution is 5.84. The number of hydrogen-bond acceptors (Lipinski definition) is 5. The van der Waals surface area contributed by atoms with Crippen molar-refractivity contribution in [1.82, 2.24) is 4.90 Å². The molecule has 0 radical (unpaired) electrons. The van der Waals surface area contributed by atoms with Gasteiger partial charge in [-0.3, -0.25) is 9.59 Å². The zero-order valence-electron chi connectivity index (χ0n) is 16.1. The second kappa shape index (κ2) is 9.62. The maximum atomic E-state index is 12.4. The molecule has 6 nitrogen and oxygen atoms in total. The number of esters is 1. The molecule has 2 aromatic rings. The van der Waals surface area contributed by atoms with Gasteiger partial charge in [-0.2, -0.15) is 0 Å². The molecule has 27 heavy (non-hydrogen) atoms. The van der Waals surface area contributed by atoms with E-state index in [1.807, 2.05) is 30.3 Å². The number of methoxy groups -OCH3 is 2. The molecular formula is C21H25NO5. The highest BCUT2D eigenvalue weighted by Gasteiger charge is 2.26. The molecule has 0 aromatic heterocycles. The SMILES string of the molecule is COc1ccc(CCC(=O)OC(C(=O)N(C)C)c2ccccc2)cc1OC. The lowest BCUT2D eigenvalue weighted by Gasteiger charge is -2.21. The molecule has 2 aromatic carbocycles. The Labute approximate surface area is 159 Å². The van der Waals surface area contributed by atoms with E-state index in [0.717, 1.165) is 5.56 Å². The molecule has 0 aliphatic carbocycles. The number of carbonyl (C=O) groups excluding carboxylic acids is 2. The molecule has 0 saturated carbocycles. The number of benzene rings is 2. The fourth-order valence-electron chi connectivity index (χ4n) is 2.60. The van der Waals surface area contributed by atoms with Gasteiger partial charge in [0.15, 0.2) is 11.5 Å². The van der Waals surface area contributed by atoms with Gasteiger partial charge < -0.3 is 19.1 Å². The van der Waals surface area contributed by atoms with Gasteiger partial charge in [-0.1, -0.05) is 36.4 Å². The molecule has 0 heterocycles. The first kappa shape index (κ1) is 20.3. The van der Waals surface area contributed by atoms with Gasteiger partial charge in [0.2, 0.25) is 6.10 Å². The van der Waals surface area contributed by atoms with E-state index in [1.165, 1.54) is 4.90 Å². The molecule has 1 atom stereocenters. The van der Waals surface area contributed by atoms with Crippen LogP contribution in [0.3, 0.4) is 0 Å².